The van der Waals surface area contributed by atoms with Crippen molar-refractivity contribution in [2.45, 2.75) is 13.0 Å². The van der Waals surface area contributed by atoms with Crippen molar-refractivity contribution in [3.05, 3.63) is 53.6 Å². The van der Waals surface area contributed by atoms with E-state index in [0.29, 0.717) is 22.1 Å². The van der Waals surface area contributed by atoms with E-state index < -0.39 is 6.10 Å². The Morgan fingerprint density at radius 1 is 1.20 bits per heavy atom. The van der Waals surface area contributed by atoms with Crippen LogP contribution in [0.15, 0.2) is 48.5 Å². The quantitative estimate of drug-likeness (QED) is 0.849. The van der Waals surface area contributed by atoms with Crippen molar-refractivity contribution < 1.29 is 9.53 Å². The van der Waals surface area contributed by atoms with Crippen molar-refractivity contribution in [3.8, 4) is 5.75 Å². The van der Waals surface area contributed by atoms with Crippen LogP contribution in [0.1, 0.15) is 6.92 Å². The van der Waals surface area contributed by atoms with E-state index in [0.717, 1.165) is 0 Å². The van der Waals surface area contributed by atoms with Gasteiger partial charge < -0.3 is 15.8 Å². The van der Waals surface area contributed by atoms with Crippen LogP contribution in [0.5, 0.6) is 5.75 Å². The number of para-hydroxylation sites is 1. The SMILES string of the molecule is CC(Oc1ccccc1Cl)C(=O)Nc1ccc(N)cc1. The first kappa shape index (κ1) is 14.2. The average molecular weight is 291 g/mol. The van der Waals surface area contributed by atoms with Crippen molar-refractivity contribution >= 4 is 28.9 Å². The minimum absolute atomic E-state index is 0.255. The zero-order valence-electron chi connectivity index (χ0n) is 11.0. The molecular formula is C15H15ClN2O2. The molecule has 0 heterocycles. The molecule has 0 saturated carbocycles. The van der Waals surface area contributed by atoms with Gasteiger partial charge in [0.2, 0.25) is 0 Å². The fourth-order valence-electron chi connectivity index (χ4n) is 1.59. The van der Waals surface area contributed by atoms with Gasteiger partial charge in [0.25, 0.3) is 5.91 Å². The molecule has 4 nitrogen and oxygen atoms in total. The second kappa shape index (κ2) is 6.30. The number of nitrogens with one attached hydrogen (secondary N) is 1. The number of ether oxygens (including phenoxy) is 1. The fourth-order valence-corrected chi connectivity index (χ4v) is 1.77. The Morgan fingerprint density at radius 3 is 2.50 bits per heavy atom. The number of amides is 1. The Balaban J connectivity index is 1.99. The third-order valence-corrected chi connectivity index (χ3v) is 3.00. The van der Waals surface area contributed by atoms with Crippen molar-refractivity contribution in [1.82, 2.24) is 0 Å². The van der Waals surface area contributed by atoms with Gasteiger partial charge in [-0.25, -0.2) is 0 Å². The van der Waals surface area contributed by atoms with Crippen LogP contribution in [-0.4, -0.2) is 12.0 Å². The van der Waals surface area contributed by atoms with Gasteiger partial charge in [0.1, 0.15) is 5.75 Å². The molecule has 0 aliphatic carbocycles. The van der Waals surface area contributed by atoms with E-state index in [-0.39, 0.29) is 5.91 Å². The zero-order valence-corrected chi connectivity index (χ0v) is 11.7. The van der Waals surface area contributed by atoms with Crippen molar-refractivity contribution in [1.29, 1.82) is 0 Å². The number of rotatable bonds is 4. The minimum atomic E-state index is -0.660. The van der Waals surface area contributed by atoms with E-state index >= 15 is 0 Å². The van der Waals surface area contributed by atoms with Gasteiger partial charge in [-0.1, -0.05) is 23.7 Å². The van der Waals surface area contributed by atoms with E-state index in [1.165, 1.54) is 0 Å². The lowest BCUT2D eigenvalue weighted by atomic mass is 10.2. The van der Waals surface area contributed by atoms with E-state index in [1.807, 2.05) is 0 Å². The second-order valence-electron chi connectivity index (χ2n) is 4.30. The Labute approximate surface area is 122 Å². The Bertz CT molecular complexity index is 599. The number of hydrogen-bond donors (Lipinski definition) is 2. The monoisotopic (exact) mass is 290 g/mol. The summed E-state index contributed by atoms with van der Waals surface area (Å²) in [5.74, 6) is 0.226. The maximum Gasteiger partial charge on any atom is 0.265 e. The molecular weight excluding hydrogens is 276 g/mol. The summed E-state index contributed by atoms with van der Waals surface area (Å²) in [5, 5.41) is 3.22. The predicted molar refractivity (Wildman–Crippen MR) is 81.0 cm³/mol. The standard InChI is InChI=1S/C15H15ClN2O2/c1-10(20-14-5-3-2-4-13(14)16)15(19)18-12-8-6-11(17)7-9-12/h2-10H,17H2,1H3,(H,18,19). The lowest BCUT2D eigenvalue weighted by Gasteiger charge is -2.15. The van der Waals surface area contributed by atoms with Crippen LogP contribution in [0.3, 0.4) is 0 Å². The van der Waals surface area contributed by atoms with Crippen LogP contribution in [0.2, 0.25) is 5.02 Å². The number of carbonyl (C=O) groups is 1. The first-order chi connectivity index (χ1) is 9.56. The molecule has 0 aromatic heterocycles. The van der Waals surface area contributed by atoms with E-state index in [1.54, 1.807) is 55.5 Å². The fraction of sp³-hybridized carbons (Fsp3) is 0.133. The van der Waals surface area contributed by atoms with Gasteiger partial charge >= 0.3 is 0 Å². The number of nitrogen functional groups attached to an aromatic ring is 1. The van der Waals surface area contributed by atoms with Gasteiger partial charge in [-0.05, 0) is 43.3 Å². The summed E-state index contributed by atoms with van der Waals surface area (Å²) in [6, 6.07) is 13.9. The summed E-state index contributed by atoms with van der Waals surface area (Å²) < 4.78 is 5.53. The van der Waals surface area contributed by atoms with Gasteiger partial charge in [0.15, 0.2) is 6.10 Å². The van der Waals surface area contributed by atoms with Gasteiger partial charge in [0.05, 0.1) is 5.02 Å². The highest BCUT2D eigenvalue weighted by Gasteiger charge is 2.15. The zero-order chi connectivity index (χ0) is 14.5. The molecule has 2 rings (SSSR count). The summed E-state index contributed by atoms with van der Waals surface area (Å²) in [7, 11) is 0. The summed E-state index contributed by atoms with van der Waals surface area (Å²) >= 11 is 5.98. The molecule has 0 radical (unpaired) electrons. The van der Waals surface area contributed by atoms with Crippen LogP contribution in [-0.2, 0) is 4.79 Å². The molecule has 5 heteroatoms. The highest BCUT2D eigenvalue weighted by atomic mass is 35.5. The number of benzene rings is 2. The summed E-state index contributed by atoms with van der Waals surface area (Å²) in [4.78, 5) is 12.0. The summed E-state index contributed by atoms with van der Waals surface area (Å²) in [6.45, 7) is 1.66. The topological polar surface area (TPSA) is 64.3 Å². The Kier molecular flexibility index (Phi) is 4.48. The third kappa shape index (κ3) is 3.65. The van der Waals surface area contributed by atoms with Crippen LogP contribution < -0.4 is 15.8 Å². The van der Waals surface area contributed by atoms with Crippen LogP contribution >= 0.6 is 11.6 Å². The van der Waals surface area contributed by atoms with Crippen LogP contribution in [0, 0.1) is 0 Å². The first-order valence-corrected chi connectivity index (χ1v) is 6.51. The van der Waals surface area contributed by atoms with E-state index in [2.05, 4.69) is 5.32 Å². The van der Waals surface area contributed by atoms with Gasteiger partial charge in [-0.2, -0.15) is 0 Å². The normalized spacial score (nSPS) is 11.7. The van der Waals surface area contributed by atoms with E-state index in [4.69, 9.17) is 22.1 Å². The van der Waals surface area contributed by atoms with Gasteiger partial charge in [0, 0.05) is 11.4 Å². The predicted octanol–water partition coefficient (Wildman–Crippen LogP) is 3.33. The number of hydrogen-bond acceptors (Lipinski definition) is 3. The van der Waals surface area contributed by atoms with Crippen molar-refractivity contribution in [2.75, 3.05) is 11.1 Å². The Hall–Kier alpha value is -2.20. The summed E-state index contributed by atoms with van der Waals surface area (Å²) in [6.07, 6.45) is -0.660. The van der Waals surface area contributed by atoms with Crippen LogP contribution in [0.4, 0.5) is 11.4 Å². The lowest BCUT2D eigenvalue weighted by Crippen LogP contribution is -2.30. The van der Waals surface area contributed by atoms with Crippen molar-refractivity contribution in [3.63, 3.8) is 0 Å². The van der Waals surface area contributed by atoms with E-state index in [9.17, 15) is 4.79 Å². The molecule has 0 bridgehead atoms. The molecule has 104 valence electrons. The molecule has 0 saturated heterocycles. The molecule has 0 spiro atoms. The molecule has 2 aromatic carbocycles. The number of halogens is 1. The van der Waals surface area contributed by atoms with Gasteiger partial charge in [-0.15, -0.1) is 0 Å². The molecule has 0 fully saturated rings. The maximum absolute atomic E-state index is 12.0. The maximum atomic E-state index is 12.0. The molecule has 1 amide bonds. The highest BCUT2D eigenvalue weighted by Crippen LogP contribution is 2.24. The molecule has 3 N–H and O–H groups in total. The second-order valence-corrected chi connectivity index (χ2v) is 4.71. The van der Waals surface area contributed by atoms with Gasteiger partial charge in [-0.3, -0.25) is 4.79 Å². The highest BCUT2D eigenvalue weighted by molar-refractivity contribution is 6.32. The molecule has 0 aliphatic rings. The summed E-state index contributed by atoms with van der Waals surface area (Å²) in [5.41, 5.74) is 6.89. The Morgan fingerprint density at radius 2 is 1.85 bits per heavy atom. The molecule has 2 aromatic rings. The van der Waals surface area contributed by atoms with Crippen molar-refractivity contribution in [2.24, 2.45) is 0 Å². The molecule has 20 heavy (non-hydrogen) atoms. The minimum Gasteiger partial charge on any atom is -0.479 e. The number of anilines is 2. The van der Waals surface area contributed by atoms with Crippen LogP contribution in [0.25, 0.3) is 0 Å². The lowest BCUT2D eigenvalue weighted by molar-refractivity contribution is -0.122. The smallest absolute Gasteiger partial charge is 0.265 e. The largest absolute Gasteiger partial charge is 0.479 e. The third-order valence-electron chi connectivity index (χ3n) is 2.69. The number of carbonyl (C=O) groups excluding carboxylic acids is 1. The first-order valence-electron chi connectivity index (χ1n) is 6.14. The number of nitrogens with two attached hydrogens (primary N) is 1. The molecule has 1 unspecified atom stereocenters. The molecule has 1 atom stereocenters. The molecule has 0 aliphatic heterocycles. The average Bonchev–Trinajstić information content (AvgIpc) is 2.44.